The number of aromatic amines is 2. The van der Waals surface area contributed by atoms with E-state index >= 15 is 0 Å². The molecule has 0 radical (unpaired) electrons. The molecular weight excluding hydrogens is 256 g/mol. The van der Waals surface area contributed by atoms with Crippen molar-refractivity contribution in [2.24, 2.45) is 0 Å². The fourth-order valence-electron chi connectivity index (χ4n) is 2.05. The van der Waals surface area contributed by atoms with Crippen LogP contribution < -0.4 is 5.32 Å². The lowest BCUT2D eigenvalue weighted by atomic mass is 10.2. The molecule has 0 saturated carbocycles. The fourth-order valence-corrected chi connectivity index (χ4v) is 2.05. The summed E-state index contributed by atoms with van der Waals surface area (Å²) in [6, 6.07) is 7.57. The van der Waals surface area contributed by atoms with Gasteiger partial charge in [-0.05, 0) is 31.2 Å². The number of benzene rings is 1. The van der Waals surface area contributed by atoms with E-state index in [2.05, 4.69) is 20.5 Å². The Morgan fingerprint density at radius 1 is 1.35 bits per heavy atom. The van der Waals surface area contributed by atoms with E-state index in [0.29, 0.717) is 5.69 Å². The van der Waals surface area contributed by atoms with E-state index in [1.807, 2.05) is 25.1 Å². The number of hydrogen-bond donors (Lipinski definition) is 3. The molecule has 2 aromatic heterocycles. The summed E-state index contributed by atoms with van der Waals surface area (Å²) in [5.74, 6) is 0.480. The lowest BCUT2D eigenvalue weighted by Gasteiger charge is -2.04. The summed E-state index contributed by atoms with van der Waals surface area (Å²) < 4.78 is 4.70. The number of ether oxygens (including phenoxy) is 1. The monoisotopic (exact) mass is 270 g/mol. The van der Waals surface area contributed by atoms with Gasteiger partial charge in [0, 0.05) is 22.2 Å². The highest BCUT2D eigenvalue weighted by Crippen LogP contribution is 2.23. The zero-order chi connectivity index (χ0) is 14.1. The Bertz CT molecular complexity index is 772. The Labute approximate surface area is 115 Å². The molecule has 0 unspecified atom stereocenters. The minimum Gasteiger partial charge on any atom is -0.464 e. The first kappa shape index (κ1) is 12.3. The molecule has 0 atom stereocenters. The molecule has 2 heterocycles. The smallest absolute Gasteiger partial charge is 0.354 e. The van der Waals surface area contributed by atoms with Gasteiger partial charge in [0.2, 0.25) is 0 Å². The van der Waals surface area contributed by atoms with Crippen LogP contribution in [0.3, 0.4) is 0 Å². The molecular formula is C14H14N4O2. The van der Waals surface area contributed by atoms with Gasteiger partial charge >= 0.3 is 5.97 Å². The maximum absolute atomic E-state index is 11.5. The van der Waals surface area contributed by atoms with E-state index in [4.69, 9.17) is 4.74 Å². The number of rotatable bonds is 3. The summed E-state index contributed by atoms with van der Waals surface area (Å²) in [5, 5.41) is 11.0. The first-order valence-electron chi connectivity index (χ1n) is 6.15. The second-order valence-corrected chi connectivity index (χ2v) is 4.53. The van der Waals surface area contributed by atoms with Crippen molar-refractivity contribution in [3.63, 3.8) is 0 Å². The number of hydrogen-bond acceptors (Lipinski definition) is 4. The molecule has 0 bridgehead atoms. The van der Waals surface area contributed by atoms with Gasteiger partial charge in [0.1, 0.15) is 11.5 Å². The maximum atomic E-state index is 11.5. The summed E-state index contributed by atoms with van der Waals surface area (Å²) in [7, 11) is 1.36. The van der Waals surface area contributed by atoms with E-state index in [1.54, 1.807) is 12.3 Å². The number of H-pyrrole nitrogens is 2. The van der Waals surface area contributed by atoms with Gasteiger partial charge in [-0.25, -0.2) is 4.79 Å². The Morgan fingerprint density at radius 2 is 2.20 bits per heavy atom. The van der Waals surface area contributed by atoms with Crippen molar-refractivity contribution in [2.75, 3.05) is 12.4 Å². The van der Waals surface area contributed by atoms with Crippen molar-refractivity contribution in [1.29, 1.82) is 0 Å². The van der Waals surface area contributed by atoms with Crippen LogP contribution in [0, 0.1) is 6.92 Å². The van der Waals surface area contributed by atoms with Gasteiger partial charge in [0.25, 0.3) is 0 Å². The predicted molar refractivity (Wildman–Crippen MR) is 76.2 cm³/mol. The molecule has 3 N–H and O–H groups in total. The van der Waals surface area contributed by atoms with Crippen molar-refractivity contribution in [3.05, 3.63) is 41.7 Å². The fraction of sp³-hybridized carbons (Fsp3) is 0.143. The zero-order valence-corrected chi connectivity index (χ0v) is 11.2. The molecule has 0 spiro atoms. The van der Waals surface area contributed by atoms with Crippen LogP contribution in [0.2, 0.25) is 0 Å². The molecule has 0 aliphatic rings. The normalized spacial score (nSPS) is 10.7. The minimum absolute atomic E-state index is 0.375. The molecule has 6 nitrogen and oxygen atoms in total. The van der Waals surface area contributed by atoms with E-state index in [0.717, 1.165) is 28.0 Å². The van der Waals surface area contributed by atoms with Crippen LogP contribution in [0.5, 0.6) is 0 Å². The molecule has 1 aromatic carbocycles. The number of nitrogens with zero attached hydrogens (tertiary/aromatic N) is 1. The van der Waals surface area contributed by atoms with Crippen LogP contribution in [0.25, 0.3) is 10.9 Å². The highest BCUT2D eigenvalue weighted by atomic mass is 16.5. The third-order valence-electron chi connectivity index (χ3n) is 3.12. The first-order valence-corrected chi connectivity index (χ1v) is 6.15. The van der Waals surface area contributed by atoms with Crippen LogP contribution in [-0.4, -0.2) is 28.3 Å². The number of carbonyl (C=O) groups is 1. The number of aromatic nitrogens is 3. The van der Waals surface area contributed by atoms with Gasteiger partial charge in [-0.3, -0.25) is 5.10 Å². The Balaban J connectivity index is 1.94. The highest BCUT2D eigenvalue weighted by molar-refractivity contribution is 5.95. The quantitative estimate of drug-likeness (QED) is 0.639. The molecule has 0 saturated heterocycles. The average molecular weight is 270 g/mol. The van der Waals surface area contributed by atoms with Gasteiger partial charge in [-0.2, -0.15) is 5.10 Å². The van der Waals surface area contributed by atoms with Gasteiger partial charge in [-0.1, -0.05) is 0 Å². The third-order valence-corrected chi connectivity index (χ3v) is 3.12. The van der Waals surface area contributed by atoms with Crippen molar-refractivity contribution >= 4 is 28.4 Å². The molecule has 0 aliphatic heterocycles. The first-order chi connectivity index (χ1) is 9.67. The topological polar surface area (TPSA) is 82.8 Å². The lowest BCUT2D eigenvalue weighted by molar-refractivity contribution is 0.0595. The van der Waals surface area contributed by atoms with E-state index in [9.17, 15) is 4.79 Å². The van der Waals surface area contributed by atoms with Gasteiger partial charge < -0.3 is 15.0 Å². The number of aryl methyl sites for hydroxylation is 1. The van der Waals surface area contributed by atoms with E-state index in [1.165, 1.54) is 7.11 Å². The van der Waals surface area contributed by atoms with Crippen molar-refractivity contribution < 1.29 is 9.53 Å². The summed E-state index contributed by atoms with van der Waals surface area (Å²) >= 11 is 0. The van der Waals surface area contributed by atoms with E-state index in [-0.39, 0.29) is 5.97 Å². The molecule has 20 heavy (non-hydrogen) atoms. The largest absolute Gasteiger partial charge is 0.464 e. The van der Waals surface area contributed by atoms with Crippen LogP contribution in [0.1, 0.15) is 16.1 Å². The maximum Gasteiger partial charge on any atom is 0.354 e. The number of anilines is 2. The Hall–Kier alpha value is -2.76. The van der Waals surface area contributed by atoms with Gasteiger partial charge in [-0.15, -0.1) is 0 Å². The van der Waals surface area contributed by atoms with Crippen molar-refractivity contribution in [3.8, 4) is 0 Å². The Morgan fingerprint density at radius 3 is 2.90 bits per heavy atom. The van der Waals surface area contributed by atoms with Gasteiger partial charge in [0.15, 0.2) is 0 Å². The molecule has 0 fully saturated rings. The highest BCUT2D eigenvalue weighted by Gasteiger charge is 2.10. The summed E-state index contributed by atoms with van der Waals surface area (Å²) in [4.78, 5) is 14.5. The molecule has 6 heteroatoms. The van der Waals surface area contributed by atoms with Crippen LogP contribution in [-0.2, 0) is 4.74 Å². The van der Waals surface area contributed by atoms with Gasteiger partial charge in [0.05, 0.1) is 13.3 Å². The predicted octanol–water partition coefficient (Wildman–Crippen LogP) is 2.73. The van der Waals surface area contributed by atoms with Crippen LogP contribution in [0.4, 0.5) is 11.5 Å². The molecule has 3 rings (SSSR count). The minimum atomic E-state index is -0.375. The second-order valence-electron chi connectivity index (χ2n) is 4.53. The van der Waals surface area contributed by atoms with Crippen molar-refractivity contribution in [2.45, 2.75) is 6.92 Å². The summed E-state index contributed by atoms with van der Waals surface area (Å²) in [6.45, 7) is 1.97. The summed E-state index contributed by atoms with van der Waals surface area (Å²) in [6.07, 6.45) is 1.76. The molecule has 3 aromatic rings. The van der Waals surface area contributed by atoms with Crippen LogP contribution >= 0.6 is 0 Å². The number of esters is 1. The molecule has 0 aliphatic carbocycles. The number of methoxy groups -OCH3 is 1. The number of fused-ring (bicyclic) bond motifs is 1. The second kappa shape index (κ2) is 4.73. The number of nitrogens with one attached hydrogen (secondary N) is 3. The average Bonchev–Trinajstić information content (AvgIpc) is 3.04. The standard InChI is InChI=1S/C14H14N4O2/c1-8-7-15-18-13(8)16-10-3-4-11-9(5-10)6-12(17-11)14(19)20-2/h3-7,17H,1-2H3,(H2,15,16,18). The SMILES string of the molecule is COC(=O)c1cc2cc(Nc3[nH]ncc3C)ccc2[nH]1. The van der Waals surface area contributed by atoms with Crippen molar-refractivity contribution in [1.82, 2.24) is 15.2 Å². The van der Waals surface area contributed by atoms with Crippen LogP contribution in [0.15, 0.2) is 30.5 Å². The lowest BCUT2D eigenvalue weighted by Crippen LogP contribution is -2.00. The van der Waals surface area contributed by atoms with E-state index < -0.39 is 0 Å². The number of carbonyl (C=O) groups excluding carboxylic acids is 1. The summed E-state index contributed by atoms with van der Waals surface area (Å²) in [5.41, 5.74) is 3.28. The zero-order valence-electron chi connectivity index (χ0n) is 11.2. The third kappa shape index (κ3) is 2.11. The molecule has 102 valence electrons. The molecule has 0 amide bonds. The Kier molecular flexibility index (Phi) is 2.90.